The van der Waals surface area contributed by atoms with Gasteiger partial charge in [0.25, 0.3) is 11.7 Å². The van der Waals surface area contributed by atoms with Crippen LogP contribution in [0.3, 0.4) is 0 Å². The van der Waals surface area contributed by atoms with Crippen LogP contribution in [0.5, 0.6) is 0 Å². The Balaban J connectivity index is 3.44. The average molecular weight is 284 g/mol. The van der Waals surface area contributed by atoms with Gasteiger partial charge in [0.05, 0.1) is 11.3 Å². The fourth-order valence-electron chi connectivity index (χ4n) is 1.09. The first kappa shape index (κ1) is 11.5. The molecule has 0 aromatic carbocycles. The van der Waals surface area contributed by atoms with E-state index in [1.807, 2.05) is 0 Å². The summed E-state index contributed by atoms with van der Waals surface area (Å²) in [5, 5.41) is -0.919. The summed E-state index contributed by atoms with van der Waals surface area (Å²) >= 11 is 8.15. The molecule has 0 aliphatic carbocycles. The highest BCUT2D eigenvalue weighted by Crippen LogP contribution is 2.28. The van der Waals surface area contributed by atoms with Crippen LogP contribution < -0.4 is 0 Å². The molecule has 1 heterocycles. The average Bonchev–Trinajstić information content (AvgIpc) is 2.01. The van der Waals surface area contributed by atoms with Gasteiger partial charge in [-0.05, 0) is 40.5 Å². The molecule has 0 N–H and O–H groups in total. The Labute approximate surface area is 92.4 Å². The second-order valence-electron chi connectivity index (χ2n) is 2.57. The lowest BCUT2D eigenvalue weighted by molar-refractivity contribution is 0.106. The molecule has 0 saturated carbocycles. The lowest BCUT2D eigenvalue weighted by atomic mass is 10.1. The van der Waals surface area contributed by atoms with Gasteiger partial charge in [-0.25, -0.2) is 13.8 Å². The molecule has 0 unspecified atom stereocenters. The van der Waals surface area contributed by atoms with Crippen LogP contribution in [-0.2, 0) is 0 Å². The smallest absolute Gasteiger partial charge is 0.264 e. The summed E-state index contributed by atoms with van der Waals surface area (Å²) in [6.07, 6.45) is -2.74. The molecule has 0 radical (unpaired) electrons. The highest BCUT2D eigenvalue weighted by Gasteiger charge is 2.20. The molecule has 0 aliphatic rings. The van der Waals surface area contributed by atoms with Crippen molar-refractivity contribution in [2.45, 2.75) is 13.3 Å². The number of carbonyl (C=O) groups excluding carboxylic acids is 1. The van der Waals surface area contributed by atoms with Gasteiger partial charge in [0.15, 0.2) is 0 Å². The fourth-order valence-corrected chi connectivity index (χ4v) is 1.84. The Kier molecular flexibility index (Phi) is 3.55. The minimum Gasteiger partial charge on any atom is -0.276 e. The lowest BCUT2D eigenvalue weighted by Crippen LogP contribution is -2.04. The van der Waals surface area contributed by atoms with Gasteiger partial charge in [0.2, 0.25) is 0 Å². The van der Waals surface area contributed by atoms with E-state index in [2.05, 4.69) is 20.9 Å². The largest absolute Gasteiger partial charge is 0.276 e. The van der Waals surface area contributed by atoms with Crippen molar-refractivity contribution in [3.05, 3.63) is 27.5 Å². The quantitative estimate of drug-likeness (QED) is 0.615. The van der Waals surface area contributed by atoms with Crippen LogP contribution >= 0.6 is 27.5 Å². The van der Waals surface area contributed by atoms with Gasteiger partial charge in [0.1, 0.15) is 4.60 Å². The zero-order valence-corrected chi connectivity index (χ0v) is 9.36. The number of rotatable bonds is 2. The molecule has 2 nitrogen and oxygen atoms in total. The monoisotopic (exact) mass is 283 g/mol. The summed E-state index contributed by atoms with van der Waals surface area (Å²) in [6.45, 7) is 1.45. The first-order chi connectivity index (χ1) is 6.43. The number of nitrogens with zero attached hydrogens (tertiary/aromatic N) is 1. The molecule has 76 valence electrons. The van der Waals surface area contributed by atoms with E-state index in [1.165, 1.54) is 6.92 Å². The topological polar surface area (TPSA) is 30.0 Å². The van der Waals surface area contributed by atoms with Crippen molar-refractivity contribution < 1.29 is 13.6 Å². The van der Waals surface area contributed by atoms with E-state index in [4.69, 9.17) is 11.6 Å². The van der Waals surface area contributed by atoms with Gasteiger partial charge in [-0.2, -0.15) is 0 Å². The number of hydrogen-bond acceptors (Lipinski definition) is 2. The van der Waals surface area contributed by atoms with E-state index in [0.717, 1.165) is 6.07 Å². The Morgan fingerprint density at radius 3 is 2.64 bits per heavy atom. The van der Waals surface area contributed by atoms with Gasteiger partial charge < -0.3 is 0 Å². The molecule has 0 aliphatic heterocycles. The maximum Gasteiger partial charge on any atom is 0.264 e. The lowest BCUT2D eigenvalue weighted by Gasteiger charge is -2.07. The molecule has 0 fully saturated rings. The van der Waals surface area contributed by atoms with E-state index in [1.54, 1.807) is 0 Å². The third-order valence-electron chi connectivity index (χ3n) is 1.63. The van der Waals surface area contributed by atoms with Crippen LogP contribution in [-0.4, -0.2) is 10.2 Å². The number of aromatic nitrogens is 1. The van der Waals surface area contributed by atoms with Gasteiger partial charge in [-0.3, -0.25) is 4.79 Å². The fraction of sp³-hybridized carbons (Fsp3) is 0.250. The minimum atomic E-state index is -2.74. The molecular weight excluding hydrogens is 279 g/mol. The van der Waals surface area contributed by atoms with Crippen LogP contribution in [0.25, 0.3) is 0 Å². The summed E-state index contributed by atoms with van der Waals surface area (Å²) in [6, 6.07) is 1.09. The summed E-state index contributed by atoms with van der Waals surface area (Å²) in [4.78, 5) is 14.7. The van der Waals surface area contributed by atoms with Crippen LogP contribution in [0, 0.1) is 6.92 Å². The van der Waals surface area contributed by atoms with Crippen molar-refractivity contribution >= 4 is 32.8 Å². The maximum atomic E-state index is 12.5. The Morgan fingerprint density at radius 1 is 1.64 bits per heavy atom. The molecule has 0 bridgehead atoms. The summed E-state index contributed by atoms with van der Waals surface area (Å²) in [5.74, 6) is 0. The van der Waals surface area contributed by atoms with E-state index in [-0.39, 0.29) is 15.9 Å². The molecule has 6 heteroatoms. The summed E-state index contributed by atoms with van der Waals surface area (Å²) in [7, 11) is 0. The van der Waals surface area contributed by atoms with E-state index in [0.29, 0.717) is 0 Å². The van der Waals surface area contributed by atoms with Crippen molar-refractivity contribution in [3.8, 4) is 0 Å². The Hall–Kier alpha value is -0.550. The number of aryl methyl sites for hydroxylation is 1. The first-order valence-electron chi connectivity index (χ1n) is 3.58. The van der Waals surface area contributed by atoms with Crippen molar-refractivity contribution in [3.63, 3.8) is 0 Å². The SMILES string of the molecule is Cc1nc(Br)cc(C(F)F)c1C(=O)Cl. The van der Waals surface area contributed by atoms with Crippen molar-refractivity contribution in [2.75, 3.05) is 0 Å². The second-order valence-corrected chi connectivity index (χ2v) is 3.72. The molecule has 0 saturated heterocycles. The molecule has 0 spiro atoms. The molecule has 0 amide bonds. The second kappa shape index (κ2) is 4.31. The maximum absolute atomic E-state index is 12.5. The van der Waals surface area contributed by atoms with Crippen LogP contribution in [0.2, 0.25) is 0 Å². The normalized spacial score (nSPS) is 10.7. The summed E-state index contributed by atoms with van der Waals surface area (Å²) < 4.78 is 25.2. The molecule has 1 rings (SSSR count). The van der Waals surface area contributed by atoms with Crippen LogP contribution in [0.15, 0.2) is 10.7 Å². The Morgan fingerprint density at radius 2 is 2.21 bits per heavy atom. The minimum absolute atomic E-state index is 0.190. The zero-order chi connectivity index (χ0) is 10.9. The van der Waals surface area contributed by atoms with Gasteiger partial charge >= 0.3 is 0 Å². The molecule has 14 heavy (non-hydrogen) atoms. The van der Waals surface area contributed by atoms with Gasteiger partial charge in [-0.1, -0.05) is 0 Å². The van der Waals surface area contributed by atoms with Crippen LogP contribution in [0.4, 0.5) is 8.78 Å². The standard InChI is InChI=1S/C8H5BrClF2NO/c1-3-6(7(10)14)4(8(11)12)2-5(9)13-3/h2,8H,1H3. The molecule has 1 aromatic heterocycles. The van der Waals surface area contributed by atoms with Crippen molar-refractivity contribution in [2.24, 2.45) is 0 Å². The number of carbonyl (C=O) groups is 1. The van der Waals surface area contributed by atoms with Crippen molar-refractivity contribution in [1.82, 2.24) is 4.98 Å². The van der Waals surface area contributed by atoms with E-state index >= 15 is 0 Å². The number of pyridine rings is 1. The van der Waals surface area contributed by atoms with Crippen LogP contribution in [0.1, 0.15) is 28.0 Å². The Bertz CT molecular complexity index is 384. The highest BCUT2D eigenvalue weighted by molar-refractivity contribution is 9.10. The molecule has 0 atom stereocenters. The highest BCUT2D eigenvalue weighted by atomic mass is 79.9. The number of halogens is 4. The van der Waals surface area contributed by atoms with Crippen molar-refractivity contribution in [1.29, 1.82) is 0 Å². The first-order valence-corrected chi connectivity index (χ1v) is 4.75. The zero-order valence-electron chi connectivity index (χ0n) is 7.02. The number of hydrogen-bond donors (Lipinski definition) is 0. The predicted molar refractivity (Wildman–Crippen MR) is 51.8 cm³/mol. The molecule has 1 aromatic rings. The van der Waals surface area contributed by atoms with Gasteiger partial charge in [-0.15, -0.1) is 0 Å². The van der Waals surface area contributed by atoms with E-state index < -0.39 is 17.2 Å². The summed E-state index contributed by atoms with van der Waals surface area (Å²) in [5.41, 5.74) is -0.427. The molecular formula is C8H5BrClF2NO. The number of alkyl halides is 2. The van der Waals surface area contributed by atoms with Gasteiger partial charge in [0, 0.05) is 5.56 Å². The van der Waals surface area contributed by atoms with E-state index in [9.17, 15) is 13.6 Å². The third kappa shape index (κ3) is 2.27. The predicted octanol–water partition coefficient (Wildman–Crippen LogP) is 3.47. The third-order valence-corrected chi connectivity index (χ3v) is 2.23.